The standard InChI is InChI=1S/C22H31FO5/c1-12-9-19(27)22(23)17(16(12)8-13(2)20(28)18(26)11-24)5-4-14-10-15(25)6-7-21(14,22)3/h6-7,10,12-13,16-17,19-20,24,27-28H,4-5,8-9,11H2,1-3H3/t12?,13-,16-,17?,19?,20+,21?,22+/m1/s1. The normalized spacial score (nSPS) is 42.2. The second-order valence-electron chi connectivity index (χ2n) is 9.20. The van der Waals surface area contributed by atoms with Gasteiger partial charge in [-0.2, -0.15) is 0 Å². The number of halogens is 1. The minimum absolute atomic E-state index is 0.0334. The molecule has 0 heterocycles. The highest BCUT2D eigenvalue weighted by molar-refractivity contribution is 6.01. The van der Waals surface area contributed by atoms with E-state index in [9.17, 15) is 19.8 Å². The molecule has 3 aliphatic carbocycles. The Labute approximate surface area is 165 Å². The van der Waals surface area contributed by atoms with E-state index < -0.39 is 47.5 Å². The summed E-state index contributed by atoms with van der Waals surface area (Å²) in [5.41, 5.74) is -2.21. The summed E-state index contributed by atoms with van der Waals surface area (Å²) in [6.45, 7) is 4.77. The van der Waals surface area contributed by atoms with E-state index in [1.54, 1.807) is 19.9 Å². The van der Waals surface area contributed by atoms with Crippen molar-refractivity contribution >= 4 is 11.6 Å². The van der Waals surface area contributed by atoms with Crippen molar-refractivity contribution in [2.45, 2.75) is 64.3 Å². The number of fused-ring (bicyclic) bond motifs is 3. The number of hydrogen-bond donors (Lipinski definition) is 3. The molecule has 3 rings (SSSR count). The first kappa shape index (κ1) is 21.3. The van der Waals surface area contributed by atoms with Gasteiger partial charge in [-0.25, -0.2) is 4.39 Å². The molecule has 0 aromatic carbocycles. The summed E-state index contributed by atoms with van der Waals surface area (Å²) < 4.78 is 16.7. The van der Waals surface area contributed by atoms with Gasteiger partial charge in [-0.1, -0.05) is 25.5 Å². The fraction of sp³-hybridized carbons (Fsp3) is 0.727. The van der Waals surface area contributed by atoms with Crippen LogP contribution in [0.4, 0.5) is 4.39 Å². The summed E-state index contributed by atoms with van der Waals surface area (Å²) in [6.07, 6.45) is 3.92. The number of Topliss-reactive ketones (excluding diaryl/α,β-unsaturated/α-hetero) is 1. The van der Waals surface area contributed by atoms with Crippen LogP contribution < -0.4 is 0 Å². The molecule has 2 fully saturated rings. The molecule has 0 radical (unpaired) electrons. The van der Waals surface area contributed by atoms with Crippen LogP contribution in [0.1, 0.15) is 46.5 Å². The van der Waals surface area contributed by atoms with Gasteiger partial charge in [0.1, 0.15) is 12.7 Å². The van der Waals surface area contributed by atoms with Gasteiger partial charge in [0.25, 0.3) is 0 Å². The second kappa shape index (κ2) is 7.47. The van der Waals surface area contributed by atoms with Gasteiger partial charge in [0, 0.05) is 11.3 Å². The quantitative estimate of drug-likeness (QED) is 0.664. The van der Waals surface area contributed by atoms with Crippen molar-refractivity contribution in [1.82, 2.24) is 0 Å². The summed E-state index contributed by atoms with van der Waals surface area (Å²) in [4.78, 5) is 23.5. The molecular weight excluding hydrogens is 363 g/mol. The Morgan fingerprint density at radius 1 is 1.43 bits per heavy atom. The maximum Gasteiger partial charge on any atom is 0.186 e. The van der Waals surface area contributed by atoms with Crippen molar-refractivity contribution in [1.29, 1.82) is 0 Å². The average molecular weight is 394 g/mol. The molecule has 3 N–H and O–H groups in total. The Morgan fingerprint density at radius 3 is 2.75 bits per heavy atom. The fourth-order valence-corrected chi connectivity index (χ4v) is 5.92. The van der Waals surface area contributed by atoms with E-state index in [0.29, 0.717) is 25.7 Å². The van der Waals surface area contributed by atoms with Crippen LogP contribution in [-0.2, 0) is 9.59 Å². The monoisotopic (exact) mass is 394 g/mol. The zero-order valence-electron chi connectivity index (χ0n) is 16.8. The molecular formula is C22H31FO5. The fourth-order valence-electron chi connectivity index (χ4n) is 5.92. The van der Waals surface area contributed by atoms with Crippen molar-refractivity contribution in [3.63, 3.8) is 0 Å². The predicted octanol–water partition coefficient (Wildman–Crippen LogP) is 2.14. The Morgan fingerprint density at radius 2 is 2.11 bits per heavy atom. The first-order chi connectivity index (χ1) is 13.1. The zero-order valence-corrected chi connectivity index (χ0v) is 16.8. The summed E-state index contributed by atoms with van der Waals surface area (Å²) in [5.74, 6) is -1.72. The summed E-state index contributed by atoms with van der Waals surface area (Å²) >= 11 is 0. The highest BCUT2D eigenvalue weighted by Crippen LogP contribution is 2.62. The van der Waals surface area contributed by atoms with E-state index in [0.717, 1.165) is 5.57 Å². The first-order valence-electron chi connectivity index (χ1n) is 10.2. The van der Waals surface area contributed by atoms with Gasteiger partial charge in [0.2, 0.25) is 0 Å². The Balaban J connectivity index is 1.93. The number of carbonyl (C=O) groups excluding carboxylic acids is 2. The maximum absolute atomic E-state index is 16.7. The van der Waals surface area contributed by atoms with Crippen LogP contribution in [0.15, 0.2) is 23.8 Å². The highest BCUT2D eigenvalue weighted by Gasteiger charge is 2.65. The molecule has 3 aliphatic rings. The van der Waals surface area contributed by atoms with Crippen molar-refractivity contribution in [3.8, 4) is 0 Å². The van der Waals surface area contributed by atoms with Gasteiger partial charge in [0.15, 0.2) is 17.2 Å². The molecule has 0 amide bonds. The van der Waals surface area contributed by atoms with Crippen LogP contribution in [-0.4, -0.2) is 51.4 Å². The van der Waals surface area contributed by atoms with E-state index >= 15 is 4.39 Å². The summed E-state index contributed by atoms with van der Waals surface area (Å²) in [5, 5.41) is 30.0. The Kier molecular flexibility index (Phi) is 5.69. The minimum Gasteiger partial charge on any atom is -0.390 e. The van der Waals surface area contributed by atoms with Crippen LogP contribution in [0.5, 0.6) is 0 Å². The van der Waals surface area contributed by atoms with Crippen LogP contribution in [0.3, 0.4) is 0 Å². The van der Waals surface area contributed by atoms with Gasteiger partial charge in [-0.05, 0) is 62.5 Å². The number of aliphatic hydroxyl groups excluding tert-OH is 3. The third-order valence-corrected chi connectivity index (χ3v) is 7.62. The molecule has 0 aromatic heterocycles. The number of alkyl halides is 1. The lowest BCUT2D eigenvalue weighted by Crippen LogP contribution is -2.64. The number of aliphatic hydroxyl groups is 3. The van der Waals surface area contributed by atoms with Gasteiger partial charge in [-0.15, -0.1) is 0 Å². The number of hydrogen-bond acceptors (Lipinski definition) is 5. The molecule has 0 saturated heterocycles. The zero-order chi connectivity index (χ0) is 20.9. The summed E-state index contributed by atoms with van der Waals surface area (Å²) in [7, 11) is 0. The van der Waals surface area contributed by atoms with Crippen LogP contribution in [0, 0.1) is 29.1 Å². The molecule has 28 heavy (non-hydrogen) atoms. The maximum atomic E-state index is 16.7. The first-order valence-corrected chi connectivity index (χ1v) is 10.2. The molecule has 0 bridgehead atoms. The molecule has 156 valence electrons. The molecule has 4 unspecified atom stereocenters. The number of rotatable bonds is 5. The minimum atomic E-state index is -1.91. The van der Waals surface area contributed by atoms with Gasteiger partial charge < -0.3 is 15.3 Å². The molecule has 0 spiro atoms. The molecule has 5 nitrogen and oxygen atoms in total. The van der Waals surface area contributed by atoms with E-state index in [4.69, 9.17) is 5.11 Å². The van der Waals surface area contributed by atoms with Gasteiger partial charge in [-0.3, -0.25) is 9.59 Å². The number of allylic oxidation sites excluding steroid dienone is 4. The van der Waals surface area contributed by atoms with Crippen molar-refractivity contribution in [2.75, 3.05) is 6.61 Å². The third-order valence-electron chi connectivity index (χ3n) is 7.62. The number of carbonyl (C=O) groups is 2. The topological polar surface area (TPSA) is 94.8 Å². The van der Waals surface area contributed by atoms with Crippen molar-refractivity contribution in [3.05, 3.63) is 23.8 Å². The van der Waals surface area contributed by atoms with E-state index in [-0.39, 0.29) is 17.6 Å². The summed E-state index contributed by atoms with van der Waals surface area (Å²) in [6, 6.07) is 0. The largest absolute Gasteiger partial charge is 0.390 e. The molecule has 2 saturated carbocycles. The van der Waals surface area contributed by atoms with Crippen molar-refractivity contribution < 1.29 is 29.3 Å². The van der Waals surface area contributed by atoms with Gasteiger partial charge >= 0.3 is 0 Å². The van der Waals surface area contributed by atoms with Crippen molar-refractivity contribution in [2.24, 2.45) is 29.1 Å². The van der Waals surface area contributed by atoms with E-state index in [2.05, 4.69) is 0 Å². The Bertz CT molecular complexity index is 716. The van der Waals surface area contributed by atoms with Gasteiger partial charge in [0.05, 0.1) is 6.10 Å². The van der Waals surface area contributed by atoms with E-state index in [1.165, 1.54) is 12.2 Å². The molecule has 0 aliphatic heterocycles. The second-order valence-corrected chi connectivity index (χ2v) is 9.20. The molecule has 6 heteroatoms. The van der Waals surface area contributed by atoms with Crippen LogP contribution in [0.2, 0.25) is 0 Å². The highest BCUT2D eigenvalue weighted by atomic mass is 19.1. The lowest BCUT2D eigenvalue weighted by molar-refractivity contribution is -0.177. The molecule has 0 aromatic rings. The number of ketones is 2. The lowest BCUT2D eigenvalue weighted by Gasteiger charge is -2.60. The third kappa shape index (κ3) is 3.10. The SMILES string of the molecule is CC1CC(O)[C@@]2(F)C(CCC3=CC(=O)C=CC32C)[C@@H]1C[C@@H](C)[C@H](O)C(=O)CO. The van der Waals surface area contributed by atoms with Crippen LogP contribution >= 0.6 is 0 Å². The molecule has 8 atom stereocenters. The lowest BCUT2D eigenvalue weighted by atomic mass is 9.47. The van der Waals surface area contributed by atoms with Crippen LogP contribution in [0.25, 0.3) is 0 Å². The predicted molar refractivity (Wildman–Crippen MR) is 102 cm³/mol. The van der Waals surface area contributed by atoms with E-state index in [1.807, 2.05) is 6.92 Å². The Hall–Kier alpha value is -1.37. The average Bonchev–Trinajstić information content (AvgIpc) is 2.65. The smallest absolute Gasteiger partial charge is 0.186 e.